The molecule has 2 aliphatic rings. The number of aliphatic hydroxyl groups is 1. The number of guanidine groups is 1. The number of nitrogens with zero attached hydrogens (tertiary/aromatic N) is 1. The molecule has 3 N–H and O–H groups in total. The van der Waals surface area contributed by atoms with E-state index < -0.39 is 23.5 Å². The summed E-state index contributed by atoms with van der Waals surface area (Å²) in [4.78, 5) is 4.76. The zero-order valence-electron chi connectivity index (χ0n) is 17.7. The molecule has 4 nitrogen and oxygen atoms in total. The smallest absolute Gasteiger partial charge is 0.369 e. The third kappa shape index (κ3) is 5.68. The van der Waals surface area contributed by atoms with Gasteiger partial charge < -0.3 is 15.7 Å². The summed E-state index contributed by atoms with van der Waals surface area (Å²) >= 11 is 0. The molecule has 32 heavy (non-hydrogen) atoms. The van der Waals surface area contributed by atoms with Gasteiger partial charge in [0.05, 0.1) is 6.04 Å². The van der Waals surface area contributed by atoms with Gasteiger partial charge in [-0.3, -0.25) is 0 Å². The highest BCUT2D eigenvalue weighted by molar-refractivity contribution is 5.94. The Bertz CT molecular complexity index is 749. The summed E-state index contributed by atoms with van der Waals surface area (Å²) in [5.74, 6) is 0.485. The Hall–Kier alpha value is -1.97. The van der Waals surface area contributed by atoms with Gasteiger partial charge in [-0.25, -0.2) is 4.99 Å². The van der Waals surface area contributed by atoms with Crippen molar-refractivity contribution in [2.45, 2.75) is 94.2 Å². The molecule has 0 aromatic heterocycles. The molecule has 3 rings (SSSR count). The SMILES string of the molecule is OC(c1ccc(NC(=NC2CCCCC2)NC2CCCCC2)cc1)(C(F)(F)F)C(F)(F)F. The van der Waals surface area contributed by atoms with E-state index in [0.29, 0.717) is 23.8 Å². The van der Waals surface area contributed by atoms with Crippen LogP contribution in [0.4, 0.5) is 32.0 Å². The summed E-state index contributed by atoms with van der Waals surface area (Å²) in [5, 5.41) is 16.0. The van der Waals surface area contributed by atoms with Gasteiger partial charge in [0.25, 0.3) is 5.60 Å². The molecular weight excluding hydrogens is 436 g/mol. The number of nitrogens with one attached hydrogen (secondary N) is 2. The summed E-state index contributed by atoms with van der Waals surface area (Å²) in [6.07, 6.45) is -1.29. The number of hydrogen-bond donors (Lipinski definition) is 3. The Morgan fingerprint density at radius 3 is 1.78 bits per heavy atom. The fraction of sp³-hybridized carbons (Fsp3) is 0.682. The van der Waals surface area contributed by atoms with Crippen molar-refractivity contribution >= 4 is 11.6 Å². The second-order valence-corrected chi connectivity index (χ2v) is 8.66. The number of hydrogen-bond acceptors (Lipinski definition) is 2. The van der Waals surface area contributed by atoms with Crippen molar-refractivity contribution in [1.82, 2.24) is 5.32 Å². The van der Waals surface area contributed by atoms with Gasteiger partial charge in [-0.1, -0.05) is 50.7 Å². The van der Waals surface area contributed by atoms with E-state index in [0.717, 1.165) is 69.9 Å². The number of anilines is 1. The predicted molar refractivity (Wildman–Crippen MR) is 110 cm³/mol. The van der Waals surface area contributed by atoms with Gasteiger partial charge in [0.2, 0.25) is 0 Å². The predicted octanol–water partition coefficient (Wildman–Crippen LogP) is 6.02. The van der Waals surface area contributed by atoms with E-state index >= 15 is 0 Å². The average molecular weight is 465 g/mol. The topological polar surface area (TPSA) is 56.6 Å². The van der Waals surface area contributed by atoms with Crippen LogP contribution in [0.15, 0.2) is 29.3 Å². The normalized spacial score (nSPS) is 20.3. The first kappa shape index (κ1) is 24.7. The van der Waals surface area contributed by atoms with Crippen molar-refractivity contribution in [1.29, 1.82) is 0 Å². The molecule has 1 aromatic rings. The summed E-state index contributed by atoms with van der Waals surface area (Å²) < 4.78 is 78.6. The molecule has 0 heterocycles. The van der Waals surface area contributed by atoms with Crippen LogP contribution in [0.3, 0.4) is 0 Å². The maximum atomic E-state index is 13.1. The zero-order valence-corrected chi connectivity index (χ0v) is 17.7. The molecule has 0 unspecified atom stereocenters. The average Bonchev–Trinajstić information content (AvgIpc) is 2.73. The standard InChI is InChI=1S/C22H29F6N3O/c23-21(24,25)20(32,22(26,27)28)15-11-13-18(14-12-15)31-19(29-16-7-3-1-4-8-16)30-17-9-5-2-6-10-17/h11-14,16-17,32H,1-10H2,(H2,29,30,31). The maximum Gasteiger partial charge on any atom is 0.430 e. The first-order valence-electron chi connectivity index (χ1n) is 11.1. The second kappa shape index (κ2) is 9.89. The number of benzene rings is 1. The van der Waals surface area contributed by atoms with Crippen LogP contribution in [0.2, 0.25) is 0 Å². The third-order valence-corrected chi connectivity index (χ3v) is 6.22. The van der Waals surface area contributed by atoms with Gasteiger partial charge in [0.1, 0.15) is 0 Å². The molecule has 2 saturated carbocycles. The lowest BCUT2D eigenvalue weighted by Crippen LogP contribution is -2.53. The molecule has 0 atom stereocenters. The third-order valence-electron chi connectivity index (χ3n) is 6.22. The van der Waals surface area contributed by atoms with Gasteiger partial charge in [-0.15, -0.1) is 0 Å². The first-order valence-corrected chi connectivity index (χ1v) is 11.1. The minimum absolute atomic E-state index is 0.127. The van der Waals surface area contributed by atoms with Crippen molar-refractivity contribution < 1.29 is 31.4 Å². The van der Waals surface area contributed by atoms with Crippen LogP contribution in [0.5, 0.6) is 0 Å². The van der Waals surface area contributed by atoms with Crippen LogP contribution in [0.1, 0.15) is 69.8 Å². The van der Waals surface area contributed by atoms with Gasteiger partial charge in [0.15, 0.2) is 5.96 Å². The van der Waals surface area contributed by atoms with Gasteiger partial charge in [0, 0.05) is 17.3 Å². The number of rotatable bonds is 4. The number of halogens is 6. The van der Waals surface area contributed by atoms with Gasteiger partial charge in [-0.05, 0) is 37.8 Å². The Morgan fingerprint density at radius 1 is 0.781 bits per heavy atom. The van der Waals surface area contributed by atoms with Gasteiger partial charge in [-0.2, -0.15) is 26.3 Å². The molecule has 10 heteroatoms. The molecule has 0 spiro atoms. The van der Waals surface area contributed by atoms with E-state index in [1.165, 1.54) is 6.42 Å². The van der Waals surface area contributed by atoms with E-state index in [9.17, 15) is 31.4 Å². The largest absolute Gasteiger partial charge is 0.430 e. The van der Waals surface area contributed by atoms with Crippen molar-refractivity contribution in [3.05, 3.63) is 29.8 Å². The Balaban J connectivity index is 1.80. The fourth-order valence-electron chi connectivity index (χ4n) is 4.36. The number of aliphatic imine (C=N–C) groups is 1. The lowest BCUT2D eigenvalue weighted by Gasteiger charge is -2.32. The Morgan fingerprint density at radius 2 is 1.28 bits per heavy atom. The van der Waals surface area contributed by atoms with Crippen LogP contribution in [-0.4, -0.2) is 35.5 Å². The quantitative estimate of drug-likeness (QED) is 0.290. The van der Waals surface area contributed by atoms with E-state index in [1.807, 2.05) is 0 Å². The van der Waals surface area contributed by atoms with Crippen LogP contribution in [0.25, 0.3) is 0 Å². The first-order chi connectivity index (χ1) is 15.0. The fourth-order valence-corrected chi connectivity index (χ4v) is 4.36. The van der Waals surface area contributed by atoms with Crippen LogP contribution >= 0.6 is 0 Å². The molecule has 2 aliphatic carbocycles. The molecule has 180 valence electrons. The maximum absolute atomic E-state index is 13.1. The second-order valence-electron chi connectivity index (χ2n) is 8.66. The van der Waals surface area contributed by atoms with E-state index in [4.69, 9.17) is 4.99 Å². The van der Waals surface area contributed by atoms with Crippen LogP contribution in [0, 0.1) is 0 Å². The van der Waals surface area contributed by atoms with E-state index in [1.54, 1.807) is 0 Å². The van der Waals surface area contributed by atoms with E-state index in [2.05, 4.69) is 10.6 Å². The molecule has 0 saturated heterocycles. The van der Waals surface area contributed by atoms with Crippen molar-refractivity contribution in [3.63, 3.8) is 0 Å². The summed E-state index contributed by atoms with van der Waals surface area (Å²) in [6.45, 7) is 0. The lowest BCUT2D eigenvalue weighted by atomic mass is 9.92. The van der Waals surface area contributed by atoms with Crippen LogP contribution in [-0.2, 0) is 5.60 Å². The molecule has 0 bridgehead atoms. The molecule has 0 radical (unpaired) electrons. The molecular formula is C22H29F6N3O. The minimum atomic E-state index is -5.91. The van der Waals surface area contributed by atoms with Crippen molar-refractivity contribution in [3.8, 4) is 0 Å². The monoisotopic (exact) mass is 465 g/mol. The summed E-state index contributed by atoms with van der Waals surface area (Å²) in [7, 11) is 0. The van der Waals surface area contributed by atoms with Gasteiger partial charge >= 0.3 is 12.4 Å². The molecule has 0 amide bonds. The van der Waals surface area contributed by atoms with E-state index in [-0.39, 0.29) is 12.1 Å². The summed E-state index contributed by atoms with van der Waals surface area (Å²) in [6, 6.07) is 3.82. The number of alkyl halides is 6. The molecule has 1 aromatic carbocycles. The van der Waals surface area contributed by atoms with Crippen molar-refractivity contribution in [2.75, 3.05) is 5.32 Å². The highest BCUT2D eigenvalue weighted by Crippen LogP contribution is 2.50. The minimum Gasteiger partial charge on any atom is -0.369 e. The Kier molecular flexibility index (Phi) is 7.62. The summed E-state index contributed by atoms with van der Waals surface area (Å²) in [5.41, 5.74) is -5.93. The zero-order chi connectivity index (χ0) is 23.4. The van der Waals surface area contributed by atoms with Crippen LogP contribution < -0.4 is 10.6 Å². The highest BCUT2D eigenvalue weighted by Gasteiger charge is 2.71. The van der Waals surface area contributed by atoms with Crippen molar-refractivity contribution in [2.24, 2.45) is 4.99 Å². The lowest BCUT2D eigenvalue weighted by molar-refractivity contribution is -0.376. The Labute approximate surface area is 183 Å². The highest BCUT2D eigenvalue weighted by atomic mass is 19.4. The molecule has 0 aliphatic heterocycles. The molecule has 2 fully saturated rings.